The van der Waals surface area contributed by atoms with Crippen molar-refractivity contribution in [2.45, 2.75) is 39.5 Å². The molecule has 0 fully saturated rings. The molecule has 2 heteroatoms. The molecule has 0 bridgehead atoms. The normalized spacial score (nSPS) is 10.9. The Kier molecular flexibility index (Phi) is 2.69. The van der Waals surface area contributed by atoms with Crippen molar-refractivity contribution in [2.75, 3.05) is 0 Å². The quantitative estimate of drug-likeness (QED) is 0.708. The van der Waals surface area contributed by atoms with Crippen LogP contribution in [-0.2, 0) is 0 Å². The van der Waals surface area contributed by atoms with Gasteiger partial charge in [-0.05, 0) is 31.2 Å². The van der Waals surface area contributed by atoms with Gasteiger partial charge in [0.25, 0.3) is 0 Å². The number of aromatic nitrogens is 2. The molecule has 1 rings (SSSR count). The molecule has 11 heavy (non-hydrogen) atoms. The molecule has 0 saturated heterocycles. The molecule has 0 aliphatic heterocycles. The number of rotatable bonds is 3. The van der Waals surface area contributed by atoms with Crippen molar-refractivity contribution in [1.82, 2.24) is 10.2 Å². The molecule has 0 saturated carbocycles. The number of nitrogens with one attached hydrogen (secondary N) is 1. The maximum atomic E-state index is 4.01. The van der Waals surface area contributed by atoms with E-state index in [1.54, 1.807) is 0 Å². The summed E-state index contributed by atoms with van der Waals surface area (Å²) in [6, 6.07) is 0. The Labute approximate surface area is 68.0 Å². The van der Waals surface area contributed by atoms with E-state index in [-0.39, 0.29) is 0 Å². The van der Waals surface area contributed by atoms with Crippen molar-refractivity contribution in [2.24, 2.45) is 0 Å². The molecule has 0 aliphatic rings. The molecule has 2 nitrogen and oxygen atoms in total. The van der Waals surface area contributed by atoms with Crippen molar-refractivity contribution in [3.8, 4) is 0 Å². The highest BCUT2D eigenvalue weighted by Crippen LogP contribution is 2.23. The molecule has 1 N–H and O–H groups in total. The van der Waals surface area contributed by atoms with E-state index in [0.29, 0.717) is 5.92 Å². The largest absolute Gasteiger partial charge is 0.283 e. The van der Waals surface area contributed by atoms with Crippen LogP contribution in [0.15, 0.2) is 6.20 Å². The van der Waals surface area contributed by atoms with Gasteiger partial charge in [-0.15, -0.1) is 0 Å². The van der Waals surface area contributed by atoms with E-state index in [9.17, 15) is 0 Å². The van der Waals surface area contributed by atoms with E-state index in [1.165, 1.54) is 24.1 Å². The van der Waals surface area contributed by atoms with Crippen molar-refractivity contribution in [3.63, 3.8) is 0 Å². The van der Waals surface area contributed by atoms with Crippen LogP contribution in [0, 0.1) is 6.92 Å². The van der Waals surface area contributed by atoms with Gasteiger partial charge >= 0.3 is 0 Å². The van der Waals surface area contributed by atoms with E-state index in [4.69, 9.17) is 0 Å². The van der Waals surface area contributed by atoms with Crippen LogP contribution in [0.3, 0.4) is 0 Å². The first-order chi connectivity index (χ1) is 5.29. The highest BCUT2D eigenvalue weighted by Gasteiger charge is 2.10. The Balaban J connectivity index is 2.81. The molecule has 1 aromatic rings. The van der Waals surface area contributed by atoms with E-state index in [2.05, 4.69) is 31.0 Å². The lowest BCUT2D eigenvalue weighted by atomic mass is 9.95. The summed E-state index contributed by atoms with van der Waals surface area (Å²) in [6.07, 6.45) is 4.36. The Morgan fingerprint density at radius 3 is 2.45 bits per heavy atom. The molecule has 0 aliphatic carbocycles. The predicted molar refractivity (Wildman–Crippen MR) is 46.6 cm³/mol. The van der Waals surface area contributed by atoms with E-state index < -0.39 is 0 Å². The third-order valence-corrected chi connectivity index (χ3v) is 2.29. The zero-order valence-electron chi connectivity index (χ0n) is 7.52. The zero-order valence-corrected chi connectivity index (χ0v) is 7.52. The summed E-state index contributed by atoms with van der Waals surface area (Å²) in [6.45, 7) is 6.53. The van der Waals surface area contributed by atoms with Gasteiger partial charge in [0, 0.05) is 5.69 Å². The Morgan fingerprint density at radius 2 is 2.09 bits per heavy atom. The maximum absolute atomic E-state index is 4.01. The standard InChI is InChI=1S/C9H16N2/c1-4-8(5-2)9-6-10-11-7(9)3/h6,8H,4-5H2,1-3H3,(H,10,11). The molecule has 62 valence electrons. The molecule has 0 unspecified atom stereocenters. The van der Waals surface area contributed by atoms with E-state index >= 15 is 0 Å². The second kappa shape index (κ2) is 3.56. The van der Waals surface area contributed by atoms with Crippen LogP contribution in [0.4, 0.5) is 0 Å². The average Bonchev–Trinajstić information content (AvgIpc) is 2.40. The van der Waals surface area contributed by atoms with Gasteiger partial charge < -0.3 is 0 Å². The van der Waals surface area contributed by atoms with Gasteiger partial charge in [0.15, 0.2) is 0 Å². The third kappa shape index (κ3) is 1.62. The summed E-state index contributed by atoms with van der Waals surface area (Å²) in [5, 5.41) is 6.98. The topological polar surface area (TPSA) is 28.7 Å². The smallest absolute Gasteiger partial charge is 0.0524 e. The van der Waals surface area contributed by atoms with Gasteiger partial charge in [0.2, 0.25) is 0 Å². The van der Waals surface area contributed by atoms with Crippen LogP contribution in [0.1, 0.15) is 43.9 Å². The minimum atomic E-state index is 0.689. The molecule has 1 aromatic heterocycles. The first kappa shape index (κ1) is 8.31. The fourth-order valence-corrected chi connectivity index (χ4v) is 1.50. The number of H-pyrrole nitrogens is 1. The molecule has 0 aromatic carbocycles. The lowest BCUT2D eigenvalue weighted by molar-refractivity contribution is 0.638. The summed E-state index contributed by atoms with van der Waals surface area (Å²) in [5.74, 6) is 0.689. The SMILES string of the molecule is CCC(CC)c1cn[nH]c1C. The van der Waals surface area contributed by atoms with Gasteiger partial charge in [0.05, 0.1) is 6.20 Å². The van der Waals surface area contributed by atoms with Crippen molar-refractivity contribution in [3.05, 3.63) is 17.5 Å². The molecule has 0 amide bonds. The Morgan fingerprint density at radius 1 is 1.45 bits per heavy atom. The van der Waals surface area contributed by atoms with Crippen molar-refractivity contribution < 1.29 is 0 Å². The third-order valence-electron chi connectivity index (χ3n) is 2.29. The van der Waals surface area contributed by atoms with Gasteiger partial charge in [-0.25, -0.2) is 0 Å². The monoisotopic (exact) mass is 152 g/mol. The van der Waals surface area contributed by atoms with Gasteiger partial charge in [-0.3, -0.25) is 5.10 Å². The van der Waals surface area contributed by atoms with Crippen molar-refractivity contribution >= 4 is 0 Å². The molecule has 0 spiro atoms. The van der Waals surface area contributed by atoms with E-state index in [1.807, 2.05) is 6.20 Å². The van der Waals surface area contributed by atoms with Crippen LogP contribution in [0.25, 0.3) is 0 Å². The van der Waals surface area contributed by atoms with Crippen LogP contribution >= 0.6 is 0 Å². The number of aryl methyl sites for hydroxylation is 1. The van der Waals surface area contributed by atoms with Gasteiger partial charge in [-0.1, -0.05) is 13.8 Å². The van der Waals surface area contributed by atoms with Crippen LogP contribution in [-0.4, -0.2) is 10.2 Å². The van der Waals surface area contributed by atoms with Crippen molar-refractivity contribution in [1.29, 1.82) is 0 Å². The number of aromatic amines is 1. The first-order valence-corrected chi connectivity index (χ1v) is 4.29. The second-order valence-corrected chi connectivity index (χ2v) is 2.96. The molecular weight excluding hydrogens is 136 g/mol. The minimum Gasteiger partial charge on any atom is -0.283 e. The fraction of sp³-hybridized carbons (Fsp3) is 0.667. The number of hydrogen-bond acceptors (Lipinski definition) is 1. The number of hydrogen-bond donors (Lipinski definition) is 1. The van der Waals surface area contributed by atoms with Crippen LogP contribution < -0.4 is 0 Å². The first-order valence-electron chi connectivity index (χ1n) is 4.29. The van der Waals surface area contributed by atoms with Gasteiger partial charge in [0.1, 0.15) is 0 Å². The average molecular weight is 152 g/mol. The van der Waals surface area contributed by atoms with Gasteiger partial charge in [-0.2, -0.15) is 5.10 Å². The number of nitrogens with zero attached hydrogens (tertiary/aromatic N) is 1. The summed E-state index contributed by atoms with van der Waals surface area (Å²) in [7, 11) is 0. The molecule has 0 radical (unpaired) electrons. The summed E-state index contributed by atoms with van der Waals surface area (Å²) >= 11 is 0. The fourth-order valence-electron chi connectivity index (χ4n) is 1.50. The van der Waals surface area contributed by atoms with Crippen LogP contribution in [0.5, 0.6) is 0 Å². The lowest BCUT2D eigenvalue weighted by Gasteiger charge is -2.09. The molecule has 0 atom stereocenters. The zero-order chi connectivity index (χ0) is 8.27. The summed E-state index contributed by atoms with van der Waals surface area (Å²) < 4.78 is 0. The Bertz CT molecular complexity index is 211. The highest BCUT2D eigenvalue weighted by atomic mass is 15.1. The molecule has 1 heterocycles. The maximum Gasteiger partial charge on any atom is 0.0524 e. The second-order valence-electron chi connectivity index (χ2n) is 2.96. The van der Waals surface area contributed by atoms with Crippen LogP contribution in [0.2, 0.25) is 0 Å². The predicted octanol–water partition coefficient (Wildman–Crippen LogP) is 2.62. The summed E-state index contributed by atoms with van der Waals surface area (Å²) in [5.41, 5.74) is 2.61. The highest BCUT2D eigenvalue weighted by molar-refractivity contribution is 5.19. The Hall–Kier alpha value is -0.790. The van der Waals surface area contributed by atoms with E-state index in [0.717, 1.165) is 0 Å². The summed E-state index contributed by atoms with van der Waals surface area (Å²) in [4.78, 5) is 0. The molecular formula is C9H16N2. The minimum absolute atomic E-state index is 0.689. The lowest BCUT2D eigenvalue weighted by Crippen LogP contribution is -1.95.